The third kappa shape index (κ3) is 63.2. The summed E-state index contributed by atoms with van der Waals surface area (Å²) in [5, 5.41) is 10.6. The molecule has 0 aliphatic carbocycles. The number of hydrogen-bond acceptors (Lipinski definition) is 15. The van der Waals surface area contributed by atoms with Gasteiger partial charge in [0.15, 0.2) is 12.2 Å². The maximum Gasteiger partial charge on any atom is 0.472 e. The molecule has 0 heterocycles. The van der Waals surface area contributed by atoms with Gasteiger partial charge in [0.05, 0.1) is 26.4 Å². The minimum absolute atomic E-state index is 0.102. The molecule has 0 saturated carbocycles. The Labute approximate surface area is 543 Å². The lowest BCUT2D eigenvalue weighted by Crippen LogP contribution is -2.30. The van der Waals surface area contributed by atoms with Crippen molar-refractivity contribution < 1.29 is 80.2 Å². The van der Waals surface area contributed by atoms with Crippen LogP contribution in [0, 0.1) is 5.92 Å². The Morgan fingerprint density at radius 1 is 0.315 bits per heavy atom. The number of phosphoric ester groups is 2. The lowest BCUT2D eigenvalue weighted by Gasteiger charge is -2.21. The molecule has 3 unspecified atom stereocenters. The van der Waals surface area contributed by atoms with Crippen molar-refractivity contribution in [1.29, 1.82) is 0 Å². The molecular weight excluding hydrogens is 1170 g/mol. The molecular formula is C70H136O17P2. The Hall–Kier alpha value is -1.94. The zero-order valence-corrected chi connectivity index (χ0v) is 59.4. The smallest absolute Gasteiger partial charge is 0.462 e. The second kappa shape index (κ2) is 63.5. The fraction of sp³-hybridized carbons (Fsp3) is 0.943. The molecule has 0 aromatic heterocycles. The van der Waals surface area contributed by atoms with Crippen molar-refractivity contribution in [3.8, 4) is 0 Å². The van der Waals surface area contributed by atoms with Crippen LogP contribution in [0.2, 0.25) is 0 Å². The van der Waals surface area contributed by atoms with E-state index >= 15 is 0 Å². The number of ether oxygens (including phenoxy) is 4. The number of hydrogen-bond donors (Lipinski definition) is 3. The zero-order valence-electron chi connectivity index (χ0n) is 57.6. The van der Waals surface area contributed by atoms with E-state index in [-0.39, 0.29) is 25.7 Å². The fourth-order valence-electron chi connectivity index (χ4n) is 10.6. The number of carbonyl (C=O) groups excluding carboxylic acids is 4. The Morgan fingerprint density at radius 2 is 0.539 bits per heavy atom. The van der Waals surface area contributed by atoms with Crippen molar-refractivity contribution in [1.82, 2.24) is 0 Å². The van der Waals surface area contributed by atoms with E-state index in [1.807, 2.05) is 0 Å². The van der Waals surface area contributed by atoms with Gasteiger partial charge in [-0.25, -0.2) is 9.13 Å². The second-order valence-corrected chi connectivity index (χ2v) is 28.4. The summed E-state index contributed by atoms with van der Waals surface area (Å²) in [4.78, 5) is 72.2. The van der Waals surface area contributed by atoms with Crippen molar-refractivity contribution in [3.63, 3.8) is 0 Å². The average Bonchev–Trinajstić information content (AvgIpc) is 3.64. The van der Waals surface area contributed by atoms with Gasteiger partial charge in [-0.2, -0.15) is 0 Å². The molecule has 528 valence electrons. The van der Waals surface area contributed by atoms with E-state index in [0.717, 1.165) is 102 Å². The van der Waals surface area contributed by atoms with Gasteiger partial charge in [0.2, 0.25) is 0 Å². The highest BCUT2D eigenvalue weighted by atomic mass is 31.2. The van der Waals surface area contributed by atoms with E-state index in [1.165, 1.54) is 180 Å². The van der Waals surface area contributed by atoms with Gasteiger partial charge in [0.25, 0.3) is 0 Å². The van der Waals surface area contributed by atoms with Crippen molar-refractivity contribution >= 4 is 39.5 Å². The van der Waals surface area contributed by atoms with Crippen LogP contribution in [0.1, 0.15) is 362 Å². The summed E-state index contributed by atoms with van der Waals surface area (Å²) < 4.78 is 68.0. The first kappa shape index (κ1) is 87.1. The zero-order chi connectivity index (χ0) is 65.6. The number of unbranched alkanes of at least 4 members (excludes halogenated alkanes) is 41. The first-order valence-corrected chi connectivity index (χ1v) is 39.7. The third-order valence-corrected chi connectivity index (χ3v) is 18.5. The van der Waals surface area contributed by atoms with Gasteiger partial charge in [-0.15, -0.1) is 0 Å². The summed E-state index contributed by atoms with van der Waals surface area (Å²) in [6.07, 6.45) is 50.5. The summed E-state index contributed by atoms with van der Waals surface area (Å²) >= 11 is 0. The number of esters is 4. The molecule has 19 heteroatoms. The fourth-order valence-corrected chi connectivity index (χ4v) is 12.2. The molecule has 0 bridgehead atoms. The molecule has 0 spiro atoms. The Balaban J connectivity index is 5.15. The SMILES string of the molecule is CCCCCCCCCCCCCCCCCCCCC(=O)O[C@H](COC(=O)CCCCCCCCCCCCCCCCCC)COP(=O)(O)OC[C@@H](O)COP(=O)(O)OC[C@@H](COC(=O)CCCCCCC)OC(=O)CCCCCCCCC(C)CC. The molecule has 0 fully saturated rings. The molecule has 0 aliphatic heterocycles. The normalized spacial score (nSPS) is 14.4. The highest BCUT2D eigenvalue weighted by molar-refractivity contribution is 7.47. The van der Waals surface area contributed by atoms with Gasteiger partial charge in [0, 0.05) is 25.7 Å². The van der Waals surface area contributed by atoms with Crippen LogP contribution in [-0.4, -0.2) is 96.7 Å². The largest absolute Gasteiger partial charge is 0.472 e. The summed E-state index contributed by atoms with van der Waals surface area (Å²) in [5.74, 6) is -1.42. The molecule has 0 aliphatic rings. The second-order valence-electron chi connectivity index (χ2n) is 25.5. The first-order chi connectivity index (χ1) is 43.1. The number of aliphatic hydroxyl groups excluding tert-OH is 1. The first-order valence-electron chi connectivity index (χ1n) is 36.7. The Kier molecular flexibility index (Phi) is 62.1. The van der Waals surface area contributed by atoms with Gasteiger partial charge in [-0.05, 0) is 31.6 Å². The van der Waals surface area contributed by atoms with Crippen molar-refractivity contribution in [3.05, 3.63) is 0 Å². The van der Waals surface area contributed by atoms with E-state index in [2.05, 4.69) is 34.6 Å². The topological polar surface area (TPSA) is 237 Å². The van der Waals surface area contributed by atoms with Crippen LogP contribution in [0.5, 0.6) is 0 Å². The Bertz CT molecular complexity index is 1720. The molecule has 0 aromatic carbocycles. The number of rotatable bonds is 70. The summed E-state index contributed by atoms with van der Waals surface area (Å²) in [5.41, 5.74) is 0. The van der Waals surface area contributed by atoms with Crippen LogP contribution in [0.4, 0.5) is 0 Å². The number of aliphatic hydroxyl groups is 1. The molecule has 0 saturated heterocycles. The van der Waals surface area contributed by atoms with E-state index in [4.69, 9.17) is 37.0 Å². The summed E-state index contributed by atoms with van der Waals surface area (Å²) in [7, 11) is -9.89. The molecule has 0 rings (SSSR count). The molecule has 3 N–H and O–H groups in total. The van der Waals surface area contributed by atoms with Crippen LogP contribution in [0.3, 0.4) is 0 Å². The average molecular weight is 1310 g/mol. The Morgan fingerprint density at radius 3 is 0.798 bits per heavy atom. The van der Waals surface area contributed by atoms with Gasteiger partial charge in [-0.1, -0.05) is 311 Å². The summed E-state index contributed by atoms with van der Waals surface area (Å²) in [6, 6.07) is 0. The van der Waals surface area contributed by atoms with Crippen LogP contribution in [0.25, 0.3) is 0 Å². The van der Waals surface area contributed by atoms with E-state index in [1.54, 1.807) is 0 Å². The molecule has 0 aromatic rings. The van der Waals surface area contributed by atoms with Crippen LogP contribution < -0.4 is 0 Å². The van der Waals surface area contributed by atoms with E-state index in [9.17, 15) is 43.2 Å². The predicted octanol–water partition coefficient (Wildman–Crippen LogP) is 20.1. The van der Waals surface area contributed by atoms with Crippen molar-refractivity contribution in [2.75, 3.05) is 39.6 Å². The van der Waals surface area contributed by atoms with Crippen LogP contribution in [0.15, 0.2) is 0 Å². The van der Waals surface area contributed by atoms with Gasteiger partial charge in [-0.3, -0.25) is 37.3 Å². The minimum Gasteiger partial charge on any atom is -0.462 e. The lowest BCUT2D eigenvalue weighted by atomic mass is 10.00. The lowest BCUT2D eigenvalue weighted by molar-refractivity contribution is -0.161. The van der Waals surface area contributed by atoms with E-state index < -0.39 is 97.5 Å². The van der Waals surface area contributed by atoms with Gasteiger partial charge >= 0.3 is 39.5 Å². The quantitative estimate of drug-likeness (QED) is 0.0222. The highest BCUT2D eigenvalue weighted by Crippen LogP contribution is 2.45. The van der Waals surface area contributed by atoms with E-state index in [0.29, 0.717) is 25.7 Å². The predicted molar refractivity (Wildman–Crippen MR) is 358 cm³/mol. The van der Waals surface area contributed by atoms with Crippen molar-refractivity contribution in [2.45, 2.75) is 380 Å². The maximum absolute atomic E-state index is 13.0. The molecule has 17 nitrogen and oxygen atoms in total. The molecule has 6 atom stereocenters. The standard InChI is InChI=1S/C70H136O17P2/c1-6-10-13-16-18-20-22-24-26-28-29-31-33-35-37-39-45-50-55-69(74)86-66(60-81-68(73)54-49-44-38-36-34-32-30-27-25-23-21-19-17-14-11-7-2)62-85-89(78,79)83-58-64(71)57-82-88(76,77)84-61-65(59-80-67(72)53-48-42-15-12-8-3)87-70(75)56-51-46-41-40-43-47-52-63(5)9-4/h63-66,71H,6-62H2,1-5H3,(H,76,77)(H,78,79)/t63?,64-,65+,66+/m0/s1. The van der Waals surface area contributed by atoms with Gasteiger partial charge < -0.3 is 33.8 Å². The maximum atomic E-state index is 13.0. The minimum atomic E-state index is -4.95. The monoisotopic (exact) mass is 1310 g/mol. The number of carbonyl (C=O) groups is 4. The van der Waals surface area contributed by atoms with Gasteiger partial charge in [0.1, 0.15) is 19.3 Å². The molecule has 0 amide bonds. The third-order valence-electron chi connectivity index (χ3n) is 16.6. The van der Waals surface area contributed by atoms with Crippen LogP contribution in [-0.2, 0) is 65.4 Å². The van der Waals surface area contributed by atoms with Crippen LogP contribution >= 0.6 is 15.6 Å². The number of phosphoric acid groups is 2. The molecule has 0 radical (unpaired) electrons. The molecule has 89 heavy (non-hydrogen) atoms. The summed E-state index contributed by atoms with van der Waals surface area (Å²) in [6.45, 7) is 7.11. The van der Waals surface area contributed by atoms with Crippen molar-refractivity contribution in [2.24, 2.45) is 5.92 Å². The highest BCUT2D eigenvalue weighted by Gasteiger charge is 2.30.